The number of halogens is 1. The minimum atomic E-state index is -0.627. The molecule has 0 saturated carbocycles. The summed E-state index contributed by atoms with van der Waals surface area (Å²) in [4.78, 5) is 19.2. The molecule has 8 heteroatoms. The Kier molecular flexibility index (Phi) is 2.96. The summed E-state index contributed by atoms with van der Waals surface area (Å²) in [7, 11) is 0. The van der Waals surface area contributed by atoms with Gasteiger partial charge in [0.1, 0.15) is 17.5 Å². The summed E-state index contributed by atoms with van der Waals surface area (Å²) in [6.45, 7) is 1.70. The highest BCUT2D eigenvalue weighted by Crippen LogP contribution is 2.15. The van der Waals surface area contributed by atoms with E-state index in [0.29, 0.717) is 11.0 Å². The summed E-state index contributed by atoms with van der Waals surface area (Å²) in [6.07, 6.45) is 0.946. The number of hydrogen-bond acceptors (Lipinski definition) is 6. The van der Waals surface area contributed by atoms with Crippen LogP contribution in [0.4, 0.5) is 15.3 Å². The first-order chi connectivity index (χ1) is 8.06. The highest BCUT2D eigenvalue weighted by atomic mass is 32.1. The Morgan fingerprint density at radius 2 is 2.35 bits per heavy atom. The van der Waals surface area contributed by atoms with Crippen molar-refractivity contribution in [2.45, 2.75) is 6.92 Å². The van der Waals surface area contributed by atoms with Gasteiger partial charge in [-0.2, -0.15) is 4.37 Å². The van der Waals surface area contributed by atoms with Crippen LogP contribution in [-0.2, 0) is 0 Å². The van der Waals surface area contributed by atoms with Crippen molar-refractivity contribution in [3.05, 3.63) is 29.5 Å². The quantitative estimate of drug-likeness (QED) is 0.839. The van der Waals surface area contributed by atoms with E-state index in [-0.39, 0.29) is 11.4 Å². The number of aryl methyl sites for hydroxylation is 1. The number of aromatic nitrogens is 3. The fourth-order valence-corrected chi connectivity index (χ4v) is 1.71. The molecule has 2 heterocycles. The second kappa shape index (κ2) is 4.42. The zero-order chi connectivity index (χ0) is 12.4. The molecule has 17 heavy (non-hydrogen) atoms. The standard InChI is InChI=1S/C9H8FN5OS/c1-4-13-9(17-15-4)14-8(16)6-2-5(10)3-12-7(6)11/h2-3H,1H3,(H2,11,12)(H,13,14,15,16). The number of nitrogens with zero attached hydrogens (tertiary/aromatic N) is 3. The second-order valence-corrected chi connectivity index (χ2v) is 3.94. The number of nitrogen functional groups attached to an aromatic ring is 1. The lowest BCUT2D eigenvalue weighted by Crippen LogP contribution is -2.15. The Morgan fingerprint density at radius 1 is 1.59 bits per heavy atom. The van der Waals surface area contributed by atoms with Gasteiger partial charge in [-0.25, -0.2) is 14.4 Å². The topological polar surface area (TPSA) is 93.8 Å². The van der Waals surface area contributed by atoms with E-state index in [1.807, 2.05) is 0 Å². The van der Waals surface area contributed by atoms with Gasteiger partial charge >= 0.3 is 0 Å². The molecule has 0 bridgehead atoms. The molecule has 0 radical (unpaired) electrons. The summed E-state index contributed by atoms with van der Waals surface area (Å²) < 4.78 is 16.8. The predicted molar refractivity (Wildman–Crippen MR) is 61.2 cm³/mol. The number of carbonyl (C=O) groups excluding carboxylic acids is 1. The number of anilines is 2. The number of amides is 1. The Balaban J connectivity index is 2.22. The van der Waals surface area contributed by atoms with Crippen molar-refractivity contribution < 1.29 is 9.18 Å². The molecule has 0 aromatic carbocycles. The van der Waals surface area contributed by atoms with Crippen molar-refractivity contribution in [2.75, 3.05) is 11.1 Å². The first-order valence-electron chi connectivity index (χ1n) is 4.59. The molecule has 0 fully saturated rings. The van der Waals surface area contributed by atoms with Crippen LogP contribution in [0.2, 0.25) is 0 Å². The van der Waals surface area contributed by atoms with Crippen LogP contribution in [0.3, 0.4) is 0 Å². The lowest BCUT2D eigenvalue weighted by Gasteiger charge is -2.03. The Bertz CT molecular complexity index is 570. The summed E-state index contributed by atoms with van der Waals surface area (Å²) in [5, 5.41) is 2.80. The summed E-state index contributed by atoms with van der Waals surface area (Å²) in [6, 6.07) is 1.02. The minimum Gasteiger partial charge on any atom is -0.383 e. The average molecular weight is 253 g/mol. The van der Waals surface area contributed by atoms with Gasteiger partial charge in [0.25, 0.3) is 5.91 Å². The number of nitrogens with two attached hydrogens (primary N) is 1. The van der Waals surface area contributed by atoms with Crippen LogP contribution in [0.15, 0.2) is 12.3 Å². The number of carbonyl (C=O) groups is 1. The maximum Gasteiger partial charge on any atom is 0.261 e. The summed E-state index contributed by atoms with van der Waals surface area (Å²) in [5.74, 6) is -0.677. The van der Waals surface area contributed by atoms with E-state index in [1.165, 1.54) is 0 Å². The molecule has 0 aliphatic rings. The van der Waals surface area contributed by atoms with Gasteiger partial charge in [-0.3, -0.25) is 10.1 Å². The van der Waals surface area contributed by atoms with E-state index in [1.54, 1.807) is 6.92 Å². The first kappa shape index (κ1) is 11.4. The Labute approximate surface area is 99.9 Å². The van der Waals surface area contributed by atoms with Gasteiger partial charge in [-0.1, -0.05) is 0 Å². The second-order valence-electron chi connectivity index (χ2n) is 3.19. The van der Waals surface area contributed by atoms with E-state index < -0.39 is 11.7 Å². The number of hydrogen-bond donors (Lipinski definition) is 2. The largest absolute Gasteiger partial charge is 0.383 e. The maximum absolute atomic E-state index is 12.9. The van der Waals surface area contributed by atoms with Gasteiger partial charge < -0.3 is 5.73 Å². The molecule has 0 aliphatic carbocycles. The lowest BCUT2D eigenvalue weighted by atomic mass is 10.2. The molecular weight excluding hydrogens is 245 g/mol. The van der Waals surface area contributed by atoms with Crippen LogP contribution < -0.4 is 11.1 Å². The van der Waals surface area contributed by atoms with Crippen LogP contribution in [-0.4, -0.2) is 20.2 Å². The van der Waals surface area contributed by atoms with Gasteiger partial charge in [-0.15, -0.1) is 0 Å². The van der Waals surface area contributed by atoms with Crippen molar-refractivity contribution in [1.29, 1.82) is 0 Å². The van der Waals surface area contributed by atoms with Crippen LogP contribution in [0.25, 0.3) is 0 Å². The zero-order valence-corrected chi connectivity index (χ0v) is 9.58. The molecule has 2 aromatic rings. The SMILES string of the molecule is Cc1nsc(NC(=O)c2cc(F)cnc2N)n1. The lowest BCUT2D eigenvalue weighted by molar-refractivity contribution is 0.102. The van der Waals surface area contributed by atoms with E-state index in [2.05, 4.69) is 19.7 Å². The zero-order valence-electron chi connectivity index (χ0n) is 8.77. The third-order valence-corrected chi connectivity index (χ3v) is 2.60. The number of pyridine rings is 1. The average Bonchev–Trinajstić information content (AvgIpc) is 2.67. The van der Waals surface area contributed by atoms with Crippen molar-refractivity contribution in [3.63, 3.8) is 0 Å². The maximum atomic E-state index is 12.9. The molecule has 1 amide bonds. The van der Waals surface area contributed by atoms with E-state index in [9.17, 15) is 9.18 Å². The molecule has 2 aromatic heterocycles. The van der Waals surface area contributed by atoms with Crippen LogP contribution >= 0.6 is 11.5 Å². The summed E-state index contributed by atoms with van der Waals surface area (Å²) in [5.41, 5.74) is 5.45. The van der Waals surface area contributed by atoms with E-state index in [0.717, 1.165) is 23.8 Å². The van der Waals surface area contributed by atoms with Crippen molar-refractivity contribution in [2.24, 2.45) is 0 Å². The molecule has 0 aliphatic heterocycles. The number of rotatable bonds is 2. The van der Waals surface area contributed by atoms with Crippen LogP contribution in [0, 0.1) is 12.7 Å². The van der Waals surface area contributed by atoms with Gasteiger partial charge in [0.2, 0.25) is 5.13 Å². The van der Waals surface area contributed by atoms with Crippen molar-refractivity contribution in [3.8, 4) is 0 Å². The van der Waals surface area contributed by atoms with E-state index >= 15 is 0 Å². The highest BCUT2D eigenvalue weighted by molar-refractivity contribution is 7.09. The fourth-order valence-electron chi connectivity index (χ4n) is 1.14. The Morgan fingerprint density at radius 3 is 3.00 bits per heavy atom. The van der Waals surface area contributed by atoms with Gasteiger partial charge in [-0.05, 0) is 13.0 Å². The van der Waals surface area contributed by atoms with Crippen molar-refractivity contribution >= 4 is 28.4 Å². The van der Waals surface area contributed by atoms with E-state index in [4.69, 9.17) is 5.73 Å². The third kappa shape index (κ3) is 2.53. The molecule has 3 N–H and O–H groups in total. The monoisotopic (exact) mass is 253 g/mol. The third-order valence-electron chi connectivity index (χ3n) is 1.88. The normalized spacial score (nSPS) is 10.2. The molecule has 6 nitrogen and oxygen atoms in total. The molecule has 0 unspecified atom stereocenters. The van der Waals surface area contributed by atoms with Crippen LogP contribution in [0.5, 0.6) is 0 Å². The highest BCUT2D eigenvalue weighted by Gasteiger charge is 2.13. The number of nitrogens with one attached hydrogen (secondary N) is 1. The molecular formula is C9H8FN5OS. The van der Waals surface area contributed by atoms with Gasteiger partial charge in [0.05, 0.1) is 11.8 Å². The van der Waals surface area contributed by atoms with Crippen molar-refractivity contribution in [1.82, 2.24) is 14.3 Å². The molecule has 88 valence electrons. The molecule has 0 saturated heterocycles. The first-order valence-corrected chi connectivity index (χ1v) is 5.36. The Hall–Kier alpha value is -2.09. The molecule has 0 atom stereocenters. The van der Waals surface area contributed by atoms with Crippen LogP contribution in [0.1, 0.15) is 16.2 Å². The molecule has 0 spiro atoms. The smallest absolute Gasteiger partial charge is 0.261 e. The van der Waals surface area contributed by atoms with Gasteiger partial charge in [0.15, 0.2) is 0 Å². The fraction of sp³-hybridized carbons (Fsp3) is 0.111. The predicted octanol–water partition coefficient (Wildman–Crippen LogP) is 1.22. The molecule has 2 rings (SSSR count). The summed E-state index contributed by atoms with van der Waals surface area (Å²) >= 11 is 1.03. The van der Waals surface area contributed by atoms with Gasteiger partial charge in [0, 0.05) is 11.5 Å². The minimum absolute atomic E-state index is 0.0298.